The summed E-state index contributed by atoms with van der Waals surface area (Å²) >= 11 is 6.18. The number of aliphatic hydroxyl groups excluding tert-OH is 1. The fourth-order valence-electron chi connectivity index (χ4n) is 5.75. The van der Waals surface area contributed by atoms with Crippen LogP contribution in [0.1, 0.15) is 51.0 Å². The molecule has 9 heteroatoms. The molecule has 2 heterocycles. The molecule has 8 nitrogen and oxygen atoms in total. The first-order valence-electron chi connectivity index (χ1n) is 11.9. The molecule has 2 aromatic rings. The van der Waals surface area contributed by atoms with E-state index in [2.05, 4.69) is 53.0 Å². The van der Waals surface area contributed by atoms with Gasteiger partial charge in [0.1, 0.15) is 11.9 Å². The average molecular weight is 498 g/mol. The van der Waals surface area contributed by atoms with Crippen molar-refractivity contribution in [2.24, 2.45) is 16.7 Å². The minimum atomic E-state index is -0.353. The van der Waals surface area contributed by atoms with E-state index in [4.69, 9.17) is 22.9 Å². The van der Waals surface area contributed by atoms with Gasteiger partial charge in [0.15, 0.2) is 11.5 Å². The highest BCUT2D eigenvalue weighted by Crippen LogP contribution is 2.55. The van der Waals surface area contributed by atoms with Gasteiger partial charge in [0.2, 0.25) is 5.69 Å². The molecule has 0 unspecified atom stereocenters. The fraction of sp³-hybridized carbons (Fsp3) is 0.538. The number of nitrogens with zero attached hydrogens (tertiary/aromatic N) is 4. The van der Waals surface area contributed by atoms with Crippen molar-refractivity contribution in [1.29, 1.82) is 0 Å². The van der Waals surface area contributed by atoms with Crippen LogP contribution in [-0.2, 0) is 0 Å². The first kappa shape index (κ1) is 25.2. The smallest absolute Gasteiger partial charge is 0.272 e. The molecule has 1 aliphatic carbocycles. The maximum Gasteiger partial charge on any atom is 0.272 e. The zero-order chi connectivity index (χ0) is 25.4. The van der Waals surface area contributed by atoms with E-state index < -0.39 is 0 Å². The second kappa shape index (κ2) is 9.63. The van der Waals surface area contributed by atoms with Gasteiger partial charge in [0, 0.05) is 36.6 Å². The molecule has 0 radical (unpaired) electrons. The molecule has 1 aromatic carbocycles. The van der Waals surface area contributed by atoms with Crippen molar-refractivity contribution in [1.82, 2.24) is 15.5 Å². The van der Waals surface area contributed by atoms with Gasteiger partial charge in [0.25, 0.3) is 5.91 Å². The van der Waals surface area contributed by atoms with Gasteiger partial charge in [-0.05, 0) is 43.0 Å². The van der Waals surface area contributed by atoms with Crippen LogP contribution in [0.4, 0.5) is 11.5 Å². The molecule has 1 aliphatic heterocycles. The molecule has 2 aliphatic rings. The molecule has 35 heavy (non-hydrogen) atoms. The third-order valence-corrected chi connectivity index (χ3v) is 7.79. The largest absolute Gasteiger partial charge is 0.489 e. The van der Waals surface area contributed by atoms with Gasteiger partial charge in [0.05, 0.1) is 11.6 Å². The molecule has 1 aromatic heterocycles. The van der Waals surface area contributed by atoms with E-state index in [1.54, 1.807) is 24.3 Å². The highest BCUT2D eigenvalue weighted by Gasteiger charge is 2.64. The van der Waals surface area contributed by atoms with Crippen molar-refractivity contribution < 1.29 is 14.6 Å². The van der Waals surface area contributed by atoms with Crippen LogP contribution >= 0.6 is 11.6 Å². The number of hydrogen-bond acceptors (Lipinski definition) is 6. The second-order valence-corrected chi connectivity index (χ2v) is 11.1. The number of ether oxygens (including phenoxy) is 1. The summed E-state index contributed by atoms with van der Waals surface area (Å²) in [6, 6.07) is 8.46. The van der Waals surface area contributed by atoms with Crippen molar-refractivity contribution in [2.75, 3.05) is 24.6 Å². The molecular formula is C26H32ClN5O3. The number of anilines is 1. The number of benzene rings is 1. The minimum absolute atomic E-state index is 0.149. The summed E-state index contributed by atoms with van der Waals surface area (Å²) in [4.78, 5) is 18.6. The number of piperidine rings is 1. The number of nitrogens with one attached hydrogen (secondary N) is 1. The Morgan fingerprint density at radius 2 is 1.89 bits per heavy atom. The highest BCUT2D eigenvalue weighted by molar-refractivity contribution is 6.33. The van der Waals surface area contributed by atoms with Crippen LogP contribution in [0.5, 0.6) is 5.75 Å². The lowest BCUT2D eigenvalue weighted by Gasteiger charge is -2.63. The number of carbonyl (C=O) groups is 1. The third-order valence-electron chi connectivity index (χ3n) is 7.49. The Morgan fingerprint density at radius 1 is 1.20 bits per heavy atom. The third kappa shape index (κ3) is 4.80. The summed E-state index contributed by atoms with van der Waals surface area (Å²) in [5, 5.41) is 21.3. The van der Waals surface area contributed by atoms with Gasteiger partial charge < -0.3 is 20.1 Å². The van der Waals surface area contributed by atoms with E-state index in [0.29, 0.717) is 22.4 Å². The van der Waals surface area contributed by atoms with Gasteiger partial charge in [-0.3, -0.25) is 4.79 Å². The maximum absolute atomic E-state index is 13.0. The fourth-order valence-corrected chi connectivity index (χ4v) is 5.97. The summed E-state index contributed by atoms with van der Waals surface area (Å²) in [6.07, 6.45) is 1.67. The zero-order valence-corrected chi connectivity index (χ0v) is 21.3. The van der Waals surface area contributed by atoms with Gasteiger partial charge in [-0.2, -0.15) is 0 Å². The Hall–Kier alpha value is -2.89. The molecule has 186 valence electrons. The number of aliphatic hydroxyl groups is 1. The van der Waals surface area contributed by atoms with E-state index in [9.17, 15) is 9.90 Å². The van der Waals surface area contributed by atoms with E-state index in [0.717, 1.165) is 31.7 Å². The maximum atomic E-state index is 13.0. The van der Waals surface area contributed by atoms with Crippen LogP contribution in [0.15, 0.2) is 30.3 Å². The highest BCUT2D eigenvalue weighted by atomic mass is 35.5. The molecule has 0 spiro atoms. The standard InChI is InChI=1S/C26H32ClN5O3/c1-25(2)23(26(3,4)24(25)35-17-6-7-19(28-5)18(27)14-17)29-22(34)20-8-9-21(31-30-20)32-12-10-16(15-33)11-13-32/h6-9,14,16,23-24,33H,10-13,15H2,1-4H3,(H,29,34). The van der Waals surface area contributed by atoms with Gasteiger partial charge >= 0.3 is 0 Å². The number of amides is 1. The predicted molar refractivity (Wildman–Crippen MR) is 135 cm³/mol. The minimum Gasteiger partial charge on any atom is -0.489 e. The van der Waals surface area contributed by atoms with Crippen LogP contribution in [0.3, 0.4) is 0 Å². The first-order chi connectivity index (χ1) is 16.6. The summed E-state index contributed by atoms with van der Waals surface area (Å²) in [5.74, 6) is 1.43. The van der Waals surface area contributed by atoms with Crippen LogP contribution in [-0.4, -0.2) is 53.1 Å². The van der Waals surface area contributed by atoms with Crippen LogP contribution in [0, 0.1) is 23.3 Å². The molecule has 1 saturated heterocycles. The molecule has 1 amide bonds. The summed E-state index contributed by atoms with van der Waals surface area (Å²) < 4.78 is 6.29. The van der Waals surface area contributed by atoms with E-state index in [1.165, 1.54) is 0 Å². The Bertz CT molecular complexity index is 1100. The molecule has 2 N–H and O–H groups in total. The van der Waals surface area contributed by atoms with Crippen LogP contribution in [0.2, 0.25) is 5.02 Å². The van der Waals surface area contributed by atoms with E-state index in [1.807, 2.05) is 6.07 Å². The van der Waals surface area contributed by atoms with E-state index >= 15 is 0 Å². The number of carbonyl (C=O) groups excluding carboxylic acids is 1. The van der Waals surface area contributed by atoms with Crippen LogP contribution < -0.4 is 15.0 Å². The number of rotatable bonds is 6. The summed E-state index contributed by atoms with van der Waals surface area (Å²) in [6.45, 7) is 17.3. The number of aromatic nitrogens is 2. The van der Waals surface area contributed by atoms with Crippen molar-refractivity contribution >= 4 is 29.0 Å². The summed E-state index contributed by atoms with van der Waals surface area (Å²) in [5.41, 5.74) is -0.0437. The quantitative estimate of drug-likeness (QED) is 0.571. The number of hydrogen-bond donors (Lipinski definition) is 2. The lowest BCUT2D eigenvalue weighted by molar-refractivity contribution is -0.164. The molecule has 4 rings (SSSR count). The summed E-state index contributed by atoms with van der Waals surface area (Å²) in [7, 11) is 0. The molecule has 0 bridgehead atoms. The van der Waals surface area contributed by atoms with Crippen molar-refractivity contribution in [2.45, 2.75) is 52.7 Å². The number of halogens is 1. The Labute approximate surface area is 211 Å². The van der Waals surface area contributed by atoms with Crippen molar-refractivity contribution in [3.05, 3.63) is 52.5 Å². The molecule has 1 saturated carbocycles. The Balaban J connectivity index is 1.40. The van der Waals surface area contributed by atoms with Gasteiger partial charge in [-0.25, -0.2) is 4.85 Å². The van der Waals surface area contributed by atoms with Gasteiger partial charge in [-0.1, -0.05) is 45.4 Å². The zero-order valence-electron chi connectivity index (χ0n) is 20.6. The molecule has 0 atom stereocenters. The van der Waals surface area contributed by atoms with E-state index in [-0.39, 0.29) is 41.2 Å². The molecule has 2 fully saturated rings. The Morgan fingerprint density at radius 3 is 2.43 bits per heavy atom. The normalized spacial score (nSPS) is 23.2. The SMILES string of the molecule is [C-]#[N+]c1ccc(OC2C(C)(C)C(NC(=O)c3ccc(N4CCC(CO)CC4)nn3)C2(C)C)cc1Cl. The van der Waals surface area contributed by atoms with Crippen LogP contribution in [0.25, 0.3) is 4.85 Å². The lowest BCUT2D eigenvalue weighted by atomic mass is 9.49. The van der Waals surface area contributed by atoms with Gasteiger partial charge in [-0.15, -0.1) is 10.2 Å². The lowest BCUT2D eigenvalue weighted by Crippen LogP contribution is -2.74. The monoisotopic (exact) mass is 497 g/mol. The second-order valence-electron chi connectivity index (χ2n) is 10.7. The first-order valence-corrected chi connectivity index (χ1v) is 12.3. The predicted octanol–water partition coefficient (Wildman–Crippen LogP) is 4.50. The van der Waals surface area contributed by atoms with Crippen molar-refractivity contribution in [3.8, 4) is 5.75 Å². The Kier molecular flexibility index (Phi) is 6.94. The molecular weight excluding hydrogens is 466 g/mol. The van der Waals surface area contributed by atoms with Crippen molar-refractivity contribution in [3.63, 3.8) is 0 Å². The topological polar surface area (TPSA) is 91.9 Å². The average Bonchev–Trinajstić information content (AvgIpc) is 2.85.